The van der Waals surface area contributed by atoms with Crippen molar-refractivity contribution in [2.75, 3.05) is 25.1 Å². The van der Waals surface area contributed by atoms with Crippen LogP contribution in [0.5, 0.6) is 5.75 Å². The van der Waals surface area contributed by atoms with Gasteiger partial charge >= 0.3 is 6.61 Å². The van der Waals surface area contributed by atoms with Crippen molar-refractivity contribution in [3.8, 4) is 5.75 Å². The Morgan fingerprint density at radius 1 is 1.55 bits per heavy atom. The zero-order valence-electron chi connectivity index (χ0n) is 12.4. The number of amides is 1. The molecule has 1 aliphatic heterocycles. The molecule has 0 aromatic heterocycles. The Labute approximate surface area is 133 Å². The van der Waals surface area contributed by atoms with Gasteiger partial charge in [-0.1, -0.05) is 12.1 Å². The molecule has 0 spiro atoms. The molecule has 1 aromatic rings. The lowest BCUT2D eigenvalue weighted by molar-refractivity contribution is -0.130. The fourth-order valence-corrected chi connectivity index (χ4v) is 3.25. The number of hydrogen-bond acceptors (Lipinski definition) is 4. The molecule has 1 aromatic carbocycles. The molecule has 1 atom stereocenters. The van der Waals surface area contributed by atoms with Crippen LogP contribution in [0.1, 0.15) is 12.0 Å². The summed E-state index contributed by atoms with van der Waals surface area (Å²) in [6.45, 7) is -1.54. The van der Waals surface area contributed by atoms with Gasteiger partial charge < -0.3 is 15.0 Å². The van der Waals surface area contributed by atoms with Crippen LogP contribution in [0.15, 0.2) is 24.3 Å². The van der Waals surface area contributed by atoms with Gasteiger partial charge in [0.05, 0.1) is 0 Å². The topological polar surface area (TPSA) is 41.6 Å². The molecule has 1 N–H and O–H groups in total. The fourth-order valence-electron chi connectivity index (χ4n) is 2.30. The molecule has 1 aliphatic rings. The normalized spacial score (nSPS) is 18.3. The van der Waals surface area contributed by atoms with Crippen molar-refractivity contribution < 1.29 is 18.3 Å². The molecule has 1 saturated heterocycles. The van der Waals surface area contributed by atoms with Gasteiger partial charge in [0, 0.05) is 44.1 Å². The maximum atomic E-state index is 12.2. The molecule has 22 heavy (non-hydrogen) atoms. The second-order valence-electron chi connectivity index (χ2n) is 5.21. The Bertz CT molecular complexity index is 496. The van der Waals surface area contributed by atoms with Gasteiger partial charge in [-0.15, -0.1) is 0 Å². The Balaban J connectivity index is 1.87. The first-order valence-corrected chi connectivity index (χ1v) is 8.29. The van der Waals surface area contributed by atoms with Gasteiger partial charge in [-0.3, -0.25) is 4.79 Å². The van der Waals surface area contributed by atoms with Gasteiger partial charge in [0.15, 0.2) is 0 Å². The number of hydrogen-bond donors (Lipinski definition) is 1. The van der Waals surface area contributed by atoms with Crippen molar-refractivity contribution in [1.82, 2.24) is 10.2 Å². The summed E-state index contributed by atoms with van der Waals surface area (Å²) in [4.78, 5) is 13.8. The monoisotopic (exact) mass is 330 g/mol. The first-order valence-electron chi connectivity index (χ1n) is 7.13. The van der Waals surface area contributed by atoms with Gasteiger partial charge in [-0.05, 0) is 17.7 Å². The lowest BCUT2D eigenvalue weighted by atomic mass is 10.1. The molecule has 4 nitrogen and oxygen atoms in total. The van der Waals surface area contributed by atoms with Crippen LogP contribution in [0.4, 0.5) is 8.78 Å². The molecule has 1 amide bonds. The fraction of sp³-hybridized carbons (Fsp3) is 0.533. The van der Waals surface area contributed by atoms with Crippen LogP contribution in [-0.4, -0.2) is 48.6 Å². The van der Waals surface area contributed by atoms with Crippen LogP contribution >= 0.6 is 11.8 Å². The second-order valence-corrected chi connectivity index (χ2v) is 6.36. The molecular weight excluding hydrogens is 310 g/mol. The van der Waals surface area contributed by atoms with Gasteiger partial charge in [0.1, 0.15) is 5.75 Å². The Morgan fingerprint density at radius 3 is 3.05 bits per heavy atom. The highest BCUT2D eigenvalue weighted by Gasteiger charge is 2.19. The standard InChI is InChI=1S/C15H20F2N2O2S/c1-19(14(20)8-12-10-22-6-5-18-12)9-11-3-2-4-13(7-11)21-15(16)17/h2-4,7,12,15,18H,5-6,8-10H2,1H3. The van der Waals surface area contributed by atoms with Crippen LogP contribution < -0.4 is 10.1 Å². The zero-order valence-corrected chi connectivity index (χ0v) is 13.2. The summed E-state index contributed by atoms with van der Waals surface area (Å²) < 4.78 is 28.8. The van der Waals surface area contributed by atoms with Gasteiger partial charge in [0.2, 0.25) is 5.91 Å². The summed E-state index contributed by atoms with van der Waals surface area (Å²) in [5.41, 5.74) is 0.764. The lowest BCUT2D eigenvalue weighted by Crippen LogP contribution is -2.41. The number of halogens is 2. The molecule has 0 aliphatic carbocycles. The molecule has 0 bridgehead atoms. The molecule has 1 heterocycles. The quantitative estimate of drug-likeness (QED) is 0.869. The number of alkyl halides is 2. The van der Waals surface area contributed by atoms with Gasteiger partial charge in [-0.25, -0.2) is 0 Å². The van der Waals surface area contributed by atoms with Crippen LogP contribution in [0.25, 0.3) is 0 Å². The predicted molar refractivity (Wildman–Crippen MR) is 83.3 cm³/mol. The lowest BCUT2D eigenvalue weighted by Gasteiger charge is -2.25. The summed E-state index contributed by atoms with van der Waals surface area (Å²) in [6, 6.07) is 6.65. The summed E-state index contributed by atoms with van der Waals surface area (Å²) in [6.07, 6.45) is 0.455. The van der Waals surface area contributed by atoms with Crippen molar-refractivity contribution >= 4 is 17.7 Å². The van der Waals surface area contributed by atoms with Crippen LogP contribution in [0.3, 0.4) is 0 Å². The number of benzene rings is 1. The van der Waals surface area contributed by atoms with Crippen molar-refractivity contribution in [2.45, 2.75) is 25.6 Å². The minimum atomic E-state index is -2.84. The van der Waals surface area contributed by atoms with Crippen molar-refractivity contribution in [3.63, 3.8) is 0 Å². The largest absolute Gasteiger partial charge is 0.435 e. The number of carbonyl (C=O) groups is 1. The van der Waals surface area contributed by atoms with E-state index in [2.05, 4.69) is 10.1 Å². The summed E-state index contributed by atoms with van der Waals surface area (Å²) in [7, 11) is 1.72. The number of nitrogens with one attached hydrogen (secondary N) is 1. The summed E-state index contributed by atoms with van der Waals surface area (Å²) in [5, 5.41) is 3.33. The molecule has 1 fully saturated rings. The first-order chi connectivity index (χ1) is 10.5. The van der Waals surface area contributed by atoms with E-state index in [4.69, 9.17) is 0 Å². The predicted octanol–water partition coefficient (Wildman–Crippen LogP) is 2.34. The highest BCUT2D eigenvalue weighted by molar-refractivity contribution is 7.99. The van der Waals surface area contributed by atoms with E-state index in [-0.39, 0.29) is 17.7 Å². The highest BCUT2D eigenvalue weighted by Crippen LogP contribution is 2.17. The van der Waals surface area contributed by atoms with Gasteiger partial charge in [-0.2, -0.15) is 20.5 Å². The van der Waals surface area contributed by atoms with Crippen molar-refractivity contribution in [3.05, 3.63) is 29.8 Å². The average molecular weight is 330 g/mol. The Kier molecular flexibility index (Phi) is 6.45. The van der Waals surface area contributed by atoms with Gasteiger partial charge in [0.25, 0.3) is 0 Å². The molecule has 1 unspecified atom stereocenters. The molecule has 122 valence electrons. The molecule has 0 radical (unpaired) electrons. The SMILES string of the molecule is CN(Cc1cccc(OC(F)F)c1)C(=O)CC1CSCCN1. The van der Waals surface area contributed by atoms with E-state index in [0.29, 0.717) is 13.0 Å². The van der Waals surface area contributed by atoms with Crippen LogP contribution in [0.2, 0.25) is 0 Å². The summed E-state index contributed by atoms with van der Waals surface area (Å²) >= 11 is 1.85. The smallest absolute Gasteiger partial charge is 0.387 e. The van der Waals surface area contributed by atoms with E-state index in [1.807, 2.05) is 11.8 Å². The van der Waals surface area contributed by atoms with Crippen LogP contribution in [-0.2, 0) is 11.3 Å². The van der Waals surface area contributed by atoms with E-state index in [1.54, 1.807) is 24.1 Å². The minimum absolute atomic E-state index is 0.0418. The van der Waals surface area contributed by atoms with Crippen LogP contribution in [0, 0.1) is 0 Å². The van der Waals surface area contributed by atoms with Crippen molar-refractivity contribution in [1.29, 1.82) is 0 Å². The third kappa shape index (κ3) is 5.46. The number of nitrogens with zero attached hydrogens (tertiary/aromatic N) is 1. The van der Waals surface area contributed by atoms with Crippen molar-refractivity contribution in [2.24, 2.45) is 0 Å². The second kappa shape index (κ2) is 8.33. The first kappa shape index (κ1) is 17.0. The zero-order chi connectivity index (χ0) is 15.9. The van der Waals surface area contributed by atoms with E-state index in [0.717, 1.165) is 23.6 Å². The van der Waals surface area contributed by atoms with E-state index < -0.39 is 6.61 Å². The number of rotatable bonds is 6. The van der Waals surface area contributed by atoms with E-state index >= 15 is 0 Å². The Morgan fingerprint density at radius 2 is 2.36 bits per heavy atom. The third-order valence-corrected chi connectivity index (χ3v) is 4.52. The number of ether oxygens (including phenoxy) is 1. The molecular formula is C15H20F2N2O2S. The average Bonchev–Trinajstić information content (AvgIpc) is 2.48. The van der Waals surface area contributed by atoms with E-state index in [1.165, 1.54) is 12.1 Å². The molecule has 7 heteroatoms. The number of carbonyl (C=O) groups excluding carboxylic acids is 1. The number of thioether (sulfide) groups is 1. The molecule has 0 saturated carbocycles. The third-order valence-electron chi connectivity index (χ3n) is 3.39. The maximum Gasteiger partial charge on any atom is 0.387 e. The maximum absolute atomic E-state index is 12.2. The van der Waals surface area contributed by atoms with E-state index in [9.17, 15) is 13.6 Å². The molecule has 2 rings (SSSR count). The Hall–Kier alpha value is -1.34. The minimum Gasteiger partial charge on any atom is -0.435 e. The highest BCUT2D eigenvalue weighted by atomic mass is 32.2. The summed E-state index contributed by atoms with van der Waals surface area (Å²) in [5.74, 6) is 2.17.